The Morgan fingerprint density at radius 3 is 2.26 bits per heavy atom. The highest BCUT2D eigenvalue weighted by Crippen LogP contribution is 2.53. The Balaban J connectivity index is 1.23. The number of benzene rings is 3. The van der Waals surface area contributed by atoms with Gasteiger partial charge in [-0.05, 0) is 56.9 Å². The van der Waals surface area contributed by atoms with Gasteiger partial charge in [0.1, 0.15) is 40.8 Å². The predicted octanol–water partition coefficient (Wildman–Crippen LogP) is 7.47. The maximum Gasteiger partial charge on any atom is 0.408 e. The fraction of sp³-hybridized carbons (Fsp3) is 0.378. The number of ether oxygens (including phenoxy) is 3. The van der Waals surface area contributed by atoms with E-state index in [4.69, 9.17) is 23.6 Å². The zero-order chi connectivity index (χ0) is 41.4. The van der Waals surface area contributed by atoms with E-state index in [1.807, 2.05) is 106 Å². The zero-order valence-electron chi connectivity index (χ0n) is 33.9. The summed E-state index contributed by atoms with van der Waals surface area (Å²) in [6.45, 7) is 14.8. The molecule has 7 rings (SSSR count). The molecule has 1 saturated carbocycles. The quantitative estimate of drug-likeness (QED) is 0.129. The van der Waals surface area contributed by atoms with Crippen LogP contribution in [0.15, 0.2) is 102 Å². The highest BCUT2D eigenvalue weighted by molar-refractivity contribution is 5.93. The Labute approximate surface area is 338 Å². The average Bonchev–Trinajstić information content (AvgIpc) is 3.47. The van der Waals surface area contributed by atoms with Crippen LogP contribution in [0.1, 0.15) is 60.3 Å². The van der Waals surface area contributed by atoms with Gasteiger partial charge in [0.05, 0.1) is 24.9 Å². The second kappa shape index (κ2) is 15.6. The molecule has 1 aliphatic heterocycles. The van der Waals surface area contributed by atoms with Crippen LogP contribution in [0.2, 0.25) is 0 Å². The minimum Gasteiger partial charge on any atom is -0.497 e. The number of aromatic nitrogens is 3. The molecule has 58 heavy (non-hydrogen) atoms. The SMILES string of the molecule is C=C[C@@H]1C[C@]1(NC(=O)[C@@H]1C[C@@H](Oc2cc(-c3ccccc3)nc3cc(OC)ccc23)CN1C(=O)[C@@H](NC(=O)OC(C)(C)C)C(C)(C)C)c1nnc(-c2ccccc2)o1. The van der Waals surface area contributed by atoms with Gasteiger partial charge in [-0.3, -0.25) is 9.59 Å². The van der Waals surface area contributed by atoms with Crippen LogP contribution in [-0.4, -0.2) is 75.4 Å². The number of methoxy groups -OCH3 is 1. The summed E-state index contributed by atoms with van der Waals surface area (Å²) in [6, 6.07) is 24.5. The largest absolute Gasteiger partial charge is 0.497 e. The second-order valence-electron chi connectivity index (χ2n) is 17.0. The number of likely N-dealkylation sites (tertiary alicyclic amines) is 1. The first kappa shape index (κ1) is 40.0. The van der Waals surface area contributed by atoms with Crippen LogP contribution in [0, 0.1) is 11.3 Å². The Morgan fingerprint density at radius 1 is 0.948 bits per heavy atom. The third-order valence-electron chi connectivity index (χ3n) is 10.4. The second-order valence-corrected chi connectivity index (χ2v) is 17.0. The fourth-order valence-corrected chi connectivity index (χ4v) is 7.37. The average molecular weight is 787 g/mol. The number of amides is 3. The third kappa shape index (κ3) is 8.39. The minimum absolute atomic E-state index is 0.0523. The first-order valence-electron chi connectivity index (χ1n) is 19.4. The Kier molecular flexibility index (Phi) is 10.8. The topological polar surface area (TPSA) is 158 Å². The van der Waals surface area contributed by atoms with Crippen molar-refractivity contribution in [3.63, 3.8) is 0 Å². The van der Waals surface area contributed by atoms with E-state index in [0.717, 1.165) is 16.5 Å². The van der Waals surface area contributed by atoms with Crippen LogP contribution < -0.4 is 20.1 Å². The summed E-state index contributed by atoms with van der Waals surface area (Å²) in [5.41, 5.74) is 0.404. The summed E-state index contributed by atoms with van der Waals surface area (Å²) in [5, 5.41) is 15.4. The van der Waals surface area contributed by atoms with Crippen LogP contribution >= 0.6 is 0 Å². The number of hydrogen-bond acceptors (Lipinski definition) is 10. The summed E-state index contributed by atoms with van der Waals surface area (Å²) in [6.07, 6.45) is 1.02. The lowest BCUT2D eigenvalue weighted by molar-refractivity contribution is -0.142. The molecule has 3 amide bonds. The number of carbonyl (C=O) groups is 3. The number of alkyl carbamates (subject to hydrolysis) is 1. The first-order chi connectivity index (χ1) is 27.6. The third-order valence-corrected chi connectivity index (χ3v) is 10.4. The molecule has 13 nitrogen and oxygen atoms in total. The van der Waals surface area contributed by atoms with Gasteiger partial charge in [0, 0.05) is 41.0 Å². The summed E-state index contributed by atoms with van der Waals surface area (Å²) >= 11 is 0. The van der Waals surface area contributed by atoms with E-state index < -0.39 is 52.7 Å². The molecule has 3 aromatic carbocycles. The van der Waals surface area contributed by atoms with Crippen LogP contribution in [0.3, 0.4) is 0 Å². The Bertz CT molecular complexity index is 2320. The molecule has 2 N–H and O–H groups in total. The molecule has 0 radical (unpaired) electrons. The number of carbonyl (C=O) groups excluding carboxylic acids is 3. The highest BCUT2D eigenvalue weighted by atomic mass is 16.6. The van der Waals surface area contributed by atoms with Crippen molar-refractivity contribution in [2.45, 2.75) is 83.7 Å². The predicted molar refractivity (Wildman–Crippen MR) is 219 cm³/mol. The molecule has 0 bridgehead atoms. The molecular formula is C45H50N6O7. The van der Waals surface area contributed by atoms with E-state index in [2.05, 4.69) is 27.4 Å². The standard InChI is InChI=1S/C45H50N6O7/c1-9-29-25-45(29,41-50-49-39(57-41)28-18-14-11-15-19-28)48-38(52)35-23-31(26-51(35)40(53)37(43(2,3)4)47-42(54)58-44(5,6)7)56-36-24-33(27-16-12-10-13-17-27)46-34-22-30(55-8)20-21-32(34)36/h9-22,24,29,31,35,37H,1,23,25-26H2,2-8H3,(H,47,54)(H,48,52)/t29-,31-,35+,37-,45-/m1/s1. The molecule has 5 aromatic rings. The zero-order valence-corrected chi connectivity index (χ0v) is 33.9. The summed E-state index contributed by atoms with van der Waals surface area (Å²) in [4.78, 5) is 49.1. The van der Waals surface area contributed by atoms with Crippen molar-refractivity contribution < 1.29 is 33.0 Å². The molecule has 2 fully saturated rings. The van der Waals surface area contributed by atoms with E-state index in [1.54, 1.807) is 34.0 Å². The van der Waals surface area contributed by atoms with Gasteiger partial charge >= 0.3 is 6.09 Å². The number of rotatable bonds is 11. The molecule has 3 heterocycles. The number of nitrogens with one attached hydrogen (secondary N) is 2. The lowest BCUT2D eigenvalue weighted by Crippen LogP contribution is -2.58. The maximum atomic E-state index is 14.8. The van der Waals surface area contributed by atoms with Gasteiger partial charge in [-0.25, -0.2) is 9.78 Å². The molecule has 13 heteroatoms. The fourth-order valence-electron chi connectivity index (χ4n) is 7.37. The van der Waals surface area contributed by atoms with Gasteiger partial charge in [0.15, 0.2) is 0 Å². The monoisotopic (exact) mass is 786 g/mol. The molecule has 0 spiro atoms. The van der Waals surface area contributed by atoms with E-state index in [9.17, 15) is 14.4 Å². The first-order valence-corrected chi connectivity index (χ1v) is 19.4. The summed E-state index contributed by atoms with van der Waals surface area (Å²) < 4.78 is 24.0. The molecule has 2 aromatic heterocycles. The van der Waals surface area contributed by atoms with Gasteiger partial charge < -0.3 is 34.2 Å². The molecule has 302 valence electrons. The van der Waals surface area contributed by atoms with Gasteiger partial charge in [-0.2, -0.15) is 0 Å². The van der Waals surface area contributed by atoms with Crippen LogP contribution in [0.5, 0.6) is 11.5 Å². The van der Waals surface area contributed by atoms with E-state index >= 15 is 0 Å². The number of nitrogens with zero attached hydrogens (tertiary/aromatic N) is 4. The van der Waals surface area contributed by atoms with Crippen molar-refractivity contribution in [2.75, 3.05) is 13.7 Å². The Hall–Kier alpha value is -6.24. The Morgan fingerprint density at radius 2 is 1.64 bits per heavy atom. The van der Waals surface area contributed by atoms with Gasteiger partial charge in [-0.15, -0.1) is 16.8 Å². The minimum atomic E-state index is -1.05. The van der Waals surface area contributed by atoms with Crippen molar-refractivity contribution in [2.24, 2.45) is 11.3 Å². The smallest absolute Gasteiger partial charge is 0.408 e. The van der Waals surface area contributed by atoms with Crippen molar-refractivity contribution >= 4 is 28.8 Å². The van der Waals surface area contributed by atoms with Gasteiger partial charge in [-0.1, -0.05) is 75.4 Å². The van der Waals surface area contributed by atoms with Crippen molar-refractivity contribution in [1.82, 2.24) is 30.7 Å². The van der Waals surface area contributed by atoms with Crippen molar-refractivity contribution in [3.8, 4) is 34.2 Å². The number of fused-ring (bicyclic) bond motifs is 1. The summed E-state index contributed by atoms with van der Waals surface area (Å²) in [7, 11) is 1.60. The molecule has 1 saturated heterocycles. The van der Waals surface area contributed by atoms with E-state index in [0.29, 0.717) is 35.0 Å². The lowest BCUT2D eigenvalue weighted by atomic mass is 9.85. The van der Waals surface area contributed by atoms with Gasteiger partial charge in [0.2, 0.25) is 23.6 Å². The molecule has 1 aliphatic carbocycles. The van der Waals surface area contributed by atoms with Crippen LogP contribution in [0.4, 0.5) is 4.79 Å². The molecule has 5 atom stereocenters. The van der Waals surface area contributed by atoms with E-state index in [-0.39, 0.29) is 24.8 Å². The normalized spacial score (nSPS) is 20.9. The molecular weight excluding hydrogens is 737 g/mol. The van der Waals surface area contributed by atoms with Crippen LogP contribution in [0.25, 0.3) is 33.6 Å². The highest BCUT2D eigenvalue weighted by Gasteiger charge is 2.60. The summed E-state index contributed by atoms with van der Waals surface area (Å²) in [5.74, 6) is 0.679. The molecule has 0 unspecified atom stereocenters. The van der Waals surface area contributed by atoms with Gasteiger partial charge in [0.25, 0.3) is 0 Å². The van der Waals surface area contributed by atoms with Crippen LogP contribution in [-0.2, 0) is 19.9 Å². The van der Waals surface area contributed by atoms with Crippen molar-refractivity contribution in [1.29, 1.82) is 0 Å². The number of hydrogen-bond donors (Lipinski definition) is 2. The lowest BCUT2D eigenvalue weighted by Gasteiger charge is -2.36. The van der Waals surface area contributed by atoms with E-state index in [1.165, 1.54) is 4.90 Å². The number of pyridine rings is 1. The molecule has 2 aliphatic rings. The maximum absolute atomic E-state index is 14.8. The van der Waals surface area contributed by atoms with Crippen molar-refractivity contribution in [3.05, 3.63) is 103 Å².